The van der Waals surface area contributed by atoms with E-state index in [2.05, 4.69) is 15.9 Å². The molecule has 0 N–H and O–H groups in total. The van der Waals surface area contributed by atoms with E-state index in [1.54, 1.807) is 43.4 Å². The molecule has 0 heterocycles. The Balaban J connectivity index is 2.26. The van der Waals surface area contributed by atoms with Crippen LogP contribution < -0.4 is 4.90 Å². The summed E-state index contributed by atoms with van der Waals surface area (Å²) in [5, 5.41) is 0. The lowest BCUT2D eigenvalue weighted by molar-refractivity contribution is 0.0993. The molecule has 2 rings (SSSR count). The van der Waals surface area contributed by atoms with Crippen molar-refractivity contribution in [1.82, 2.24) is 0 Å². The van der Waals surface area contributed by atoms with Gasteiger partial charge >= 0.3 is 0 Å². The summed E-state index contributed by atoms with van der Waals surface area (Å²) in [6.07, 6.45) is 0. The number of benzene rings is 2. The molecular weight excluding hydrogens is 297 g/mol. The van der Waals surface area contributed by atoms with Crippen LogP contribution in [0.3, 0.4) is 0 Å². The molecule has 0 aromatic heterocycles. The Morgan fingerprint density at radius 3 is 2.44 bits per heavy atom. The van der Waals surface area contributed by atoms with Crippen molar-refractivity contribution < 1.29 is 9.18 Å². The van der Waals surface area contributed by atoms with Crippen LogP contribution in [-0.4, -0.2) is 13.0 Å². The Morgan fingerprint density at radius 1 is 1.17 bits per heavy atom. The summed E-state index contributed by atoms with van der Waals surface area (Å²) in [5.74, 6) is -0.531. The molecule has 92 valence electrons. The lowest BCUT2D eigenvalue weighted by atomic mass is 10.2. The monoisotopic (exact) mass is 307 g/mol. The first kappa shape index (κ1) is 12.8. The van der Waals surface area contributed by atoms with Crippen molar-refractivity contribution in [2.24, 2.45) is 0 Å². The van der Waals surface area contributed by atoms with Gasteiger partial charge in [0.05, 0.1) is 0 Å². The van der Waals surface area contributed by atoms with Gasteiger partial charge in [0.2, 0.25) is 0 Å². The largest absolute Gasteiger partial charge is 0.311 e. The predicted octanol–water partition coefficient (Wildman–Crippen LogP) is 3.86. The molecule has 1 amide bonds. The number of nitrogens with zero attached hydrogens (tertiary/aromatic N) is 1. The van der Waals surface area contributed by atoms with Crippen LogP contribution in [-0.2, 0) is 0 Å². The first-order chi connectivity index (χ1) is 8.58. The highest BCUT2D eigenvalue weighted by atomic mass is 79.9. The summed E-state index contributed by atoms with van der Waals surface area (Å²) in [4.78, 5) is 13.6. The minimum Gasteiger partial charge on any atom is -0.311 e. The van der Waals surface area contributed by atoms with E-state index in [0.717, 1.165) is 4.47 Å². The molecule has 0 radical (unpaired) electrons. The Kier molecular flexibility index (Phi) is 3.77. The molecule has 0 unspecified atom stereocenters. The van der Waals surface area contributed by atoms with Crippen LogP contribution in [0.25, 0.3) is 0 Å². The minimum atomic E-state index is -0.358. The molecule has 4 heteroatoms. The number of anilines is 1. The number of carbonyl (C=O) groups is 1. The molecule has 0 aliphatic heterocycles. The number of hydrogen-bond acceptors (Lipinski definition) is 1. The van der Waals surface area contributed by atoms with Crippen LogP contribution >= 0.6 is 15.9 Å². The van der Waals surface area contributed by atoms with Gasteiger partial charge in [0.25, 0.3) is 5.91 Å². The third-order valence-corrected chi connectivity index (χ3v) is 3.12. The van der Waals surface area contributed by atoms with Crippen molar-refractivity contribution in [2.45, 2.75) is 0 Å². The molecular formula is C14H11BrFNO. The molecule has 2 aromatic carbocycles. The molecule has 2 aromatic rings. The average Bonchev–Trinajstić information content (AvgIpc) is 2.38. The smallest absolute Gasteiger partial charge is 0.258 e. The normalized spacial score (nSPS) is 10.2. The maximum atomic E-state index is 13.1. The highest BCUT2D eigenvalue weighted by Crippen LogP contribution is 2.18. The fourth-order valence-corrected chi connectivity index (χ4v) is 1.85. The quantitative estimate of drug-likeness (QED) is 0.825. The van der Waals surface area contributed by atoms with Gasteiger partial charge in [-0.15, -0.1) is 0 Å². The lowest BCUT2D eigenvalue weighted by Crippen LogP contribution is -2.26. The number of hydrogen-bond donors (Lipinski definition) is 0. The van der Waals surface area contributed by atoms with Gasteiger partial charge in [-0.05, 0) is 42.5 Å². The molecule has 0 bridgehead atoms. The third-order valence-electron chi connectivity index (χ3n) is 2.59. The van der Waals surface area contributed by atoms with Gasteiger partial charge in [0.1, 0.15) is 5.82 Å². The minimum absolute atomic E-state index is 0.173. The topological polar surface area (TPSA) is 20.3 Å². The lowest BCUT2D eigenvalue weighted by Gasteiger charge is -2.17. The summed E-state index contributed by atoms with van der Waals surface area (Å²) < 4.78 is 14.0. The van der Waals surface area contributed by atoms with E-state index >= 15 is 0 Å². The standard InChI is InChI=1S/C14H11BrFNO/c1-17(13-4-2-3-12(16)9-13)14(18)10-5-7-11(15)8-6-10/h2-9H,1H3. The van der Waals surface area contributed by atoms with Gasteiger partial charge in [-0.1, -0.05) is 22.0 Å². The van der Waals surface area contributed by atoms with E-state index in [4.69, 9.17) is 0 Å². The highest BCUT2D eigenvalue weighted by Gasteiger charge is 2.13. The summed E-state index contributed by atoms with van der Waals surface area (Å²) in [7, 11) is 1.62. The van der Waals surface area contributed by atoms with E-state index in [1.807, 2.05) is 0 Å². The van der Waals surface area contributed by atoms with Crippen LogP contribution in [0.15, 0.2) is 53.0 Å². The van der Waals surface area contributed by atoms with E-state index < -0.39 is 0 Å². The molecule has 0 fully saturated rings. The van der Waals surface area contributed by atoms with Gasteiger partial charge < -0.3 is 4.90 Å². The summed E-state index contributed by atoms with van der Waals surface area (Å²) >= 11 is 3.31. The van der Waals surface area contributed by atoms with Crippen molar-refractivity contribution in [3.8, 4) is 0 Å². The third kappa shape index (κ3) is 2.76. The van der Waals surface area contributed by atoms with E-state index in [1.165, 1.54) is 17.0 Å². The van der Waals surface area contributed by atoms with Gasteiger partial charge in [0, 0.05) is 22.8 Å². The van der Waals surface area contributed by atoms with Crippen LogP contribution in [0.2, 0.25) is 0 Å². The second-order valence-corrected chi connectivity index (χ2v) is 4.77. The van der Waals surface area contributed by atoms with E-state index in [-0.39, 0.29) is 11.7 Å². The Hall–Kier alpha value is -1.68. The summed E-state index contributed by atoms with van der Waals surface area (Å²) in [6.45, 7) is 0. The molecule has 18 heavy (non-hydrogen) atoms. The van der Waals surface area contributed by atoms with Crippen molar-refractivity contribution in [2.75, 3.05) is 11.9 Å². The second kappa shape index (κ2) is 5.31. The number of halogens is 2. The Morgan fingerprint density at radius 2 is 1.83 bits per heavy atom. The van der Waals surface area contributed by atoms with E-state index in [9.17, 15) is 9.18 Å². The average molecular weight is 308 g/mol. The Bertz CT molecular complexity index is 568. The summed E-state index contributed by atoms with van der Waals surface area (Å²) in [6, 6.07) is 13.0. The van der Waals surface area contributed by atoms with Gasteiger partial charge in [0.15, 0.2) is 0 Å². The highest BCUT2D eigenvalue weighted by molar-refractivity contribution is 9.10. The molecule has 0 aliphatic carbocycles. The number of carbonyl (C=O) groups excluding carboxylic acids is 1. The predicted molar refractivity (Wildman–Crippen MR) is 73.3 cm³/mol. The second-order valence-electron chi connectivity index (χ2n) is 3.85. The first-order valence-corrected chi connectivity index (χ1v) is 6.16. The number of rotatable bonds is 2. The fraction of sp³-hybridized carbons (Fsp3) is 0.0714. The van der Waals surface area contributed by atoms with Gasteiger partial charge in [-0.2, -0.15) is 0 Å². The van der Waals surface area contributed by atoms with Crippen LogP contribution in [0.4, 0.5) is 10.1 Å². The van der Waals surface area contributed by atoms with Gasteiger partial charge in [-0.3, -0.25) is 4.79 Å². The van der Waals surface area contributed by atoms with E-state index in [0.29, 0.717) is 11.3 Å². The van der Waals surface area contributed by atoms with Crippen molar-refractivity contribution in [3.63, 3.8) is 0 Å². The van der Waals surface area contributed by atoms with Crippen molar-refractivity contribution in [1.29, 1.82) is 0 Å². The number of amides is 1. The molecule has 0 spiro atoms. The van der Waals surface area contributed by atoms with Gasteiger partial charge in [-0.25, -0.2) is 4.39 Å². The summed E-state index contributed by atoms with van der Waals surface area (Å²) in [5.41, 5.74) is 1.09. The molecule has 0 saturated heterocycles. The first-order valence-electron chi connectivity index (χ1n) is 5.37. The zero-order valence-electron chi connectivity index (χ0n) is 9.73. The maximum Gasteiger partial charge on any atom is 0.258 e. The maximum absolute atomic E-state index is 13.1. The molecule has 0 aliphatic rings. The molecule has 2 nitrogen and oxygen atoms in total. The van der Waals surface area contributed by atoms with Crippen molar-refractivity contribution in [3.05, 3.63) is 64.4 Å². The zero-order valence-corrected chi connectivity index (χ0v) is 11.3. The molecule has 0 saturated carbocycles. The molecule has 0 atom stereocenters. The van der Waals surface area contributed by atoms with Crippen molar-refractivity contribution >= 4 is 27.5 Å². The fourth-order valence-electron chi connectivity index (χ4n) is 1.59. The SMILES string of the molecule is CN(C(=O)c1ccc(Br)cc1)c1cccc(F)c1. The van der Waals surface area contributed by atoms with Crippen LogP contribution in [0, 0.1) is 5.82 Å². The van der Waals surface area contributed by atoms with Crippen LogP contribution in [0.1, 0.15) is 10.4 Å². The zero-order chi connectivity index (χ0) is 13.1. The van der Waals surface area contributed by atoms with Crippen LogP contribution in [0.5, 0.6) is 0 Å². The Labute approximate surface area is 113 Å².